The van der Waals surface area contributed by atoms with Crippen LogP contribution < -0.4 is 10.2 Å². The highest BCUT2D eigenvalue weighted by molar-refractivity contribution is 7.22. The van der Waals surface area contributed by atoms with Crippen LogP contribution in [0.15, 0.2) is 35.7 Å². The van der Waals surface area contributed by atoms with Crippen molar-refractivity contribution in [2.75, 3.05) is 36.5 Å². The highest BCUT2D eigenvalue weighted by Crippen LogP contribution is 2.31. The molecule has 3 heterocycles. The molecule has 0 unspecified atom stereocenters. The highest BCUT2D eigenvalue weighted by Gasteiger charge is 2.15. The Morgan fingerprint density at radius 2 is 2.17 bits per heavy atom. The van der Waals surface area contributed by atoms with Crippen molar-refractivity contribution >= 4 is 49.6 Å². The molecule has 0 atom stereocenters. The van der Waals surface area contributed by atoms with Crippen LogP contribution in [0.3, 0.4) is 0 Å². The number of ether oxygens (including phenoxy) is 1. The average molecular weight is 359 g/mol. The topological polar surface area (TPSA) is 54.5 Å². The van der Waals surface area contributed by atoms with Crippen LogP contribution in [0.2, 0.25) is 0 Å². The molecule has 2 aromatic heterocycles. The minimum Gasteiger partial charge on any atom is -0.378 e. The molecule has 1 saturated heterocycles. The van der Waals surface area contributed by atoms with Crippen LogP contribution in [0.5, 0.6) is 0 Å². The van der Waals surface area contributed by atoms with Gasteiger partial charge in [0.15, 0.2) is 5.13 Å². The Morgan fingerprint density at radius 3 is 2.96 bits per heavy atom. The summed E-state index contributed by atoms with van der Waals surface area (Å²) < 4.78 is 6.48. The molecule has 1 aliphatic heterocycles. The van der Waals surface area contributed by atoms with Crippen molar-refractivity contribution in [2.24, 2.45) is 0 Å². The zero-order chi connectivity index (χ0) is 16.4. The number of nitrogens with zero attached hydrogens (tertiary/aromatic N) is 2. The Morgan fingerprint density at radius 1 is 1.29 bits per heavy atom. The predicted octanol–water partition coefficient (Wildman–Crippen LogP) is 3.38. The van der Waals surface area contributed by atoms with Crippen molar-refractivity contribution in [1.82, 2.24) is 4.98 Å². The lowest BCUT2D eigenvalue weighted by atomic mass is 10.2. The number of aromatic nitrogens is 1. The number of fused-ring (bicyclic) bond motifs is 1. The zero-order valence-electron chi connectivity index (χ0n) is 13.0. The molecule has 0 spiro atoms. The Hall–Kier alpha value is -1.96. The van der Waals surface area contributed by atoms with Gasteiger partial charge in [-0.15, -0.1) is 11.3 Å². The Labute approximate surface area is 147 Å². The van der Waals surface area contributed by atoms with Gasteiger partial charge in [-0.05, 0) is 29.6 Å². The molecular formula is C17H17N3O2S2. The zero-order valence-corrected chi connectivity index (χ0v) is 14.7. The van der Waals surface area contributed by atoms with E-state index in [9.17, 15) is 4.79 Å². The minimum absolute atomic E-state index is 0.00900. The molecule has 0 saturated carbocycles. The number of anilines is 2. The number of morpholine rings is 1. The van der Waals surface area contributed by atoms with E-state index in [0.29, 0.717) is 6.42 Å². The first kappa shape index (κ1) is 15.6. The average Bonchev–Trinajstić information content (AvgIpc) is 3.24. The van der Waals surface area contributed by atoms with Gasteiger partial charge in [-0.2, -0.15) is 0 Å². The molecule has 4 rings (SSSR count). The van der Waals surface area contributed by atoms with Crippen molar-refractivity contribution in [3.8, 4) is 0 Å². The quantitative estimate of drug-likeness (QED) is 0.776. The van der Waals surface area contributed by atoms with E-state index in [1.807, 2.05) is 35.7 Å². The Kier molecular flexibility index (Phi) is 4.46. The number of nitrogens with one attached hydrogen (secondary N) is 1. The number of amides is 1. The van der Waals surface area contributed by atoms with E-state index in [-0.39, 0.29) is 5.91 Å². The maximum absolute atomic E-state index is 12.1. The summed E-state index contributed by atoms with van der Waals surface area (Å²) in [6, 6.07) is 9.83. The summed E-state index contributed by atoms with van der Waals surface area (Å²) in [6.45, 7) is 3.26. The van der Waals surface area contributed by atoms with Gasteiger partial charge < -0.3 is 15.0 Å². The molecule has 1 aromatic carbocycles. The van der Waals surface area contributed by atoms with E-state index < -0.39 is 0 Å². The fourth-order valence-electron chi connectivity index (χ4n) is 2.66. The number of carbonyl (C=O) groups excluding carboxylic acids is 1. The van der Waals surface area contributed by atoms with E-state index in [0.717, 1.165) is 52.2 Å². The van der Waals surface area contributed by atoms with Gasteiger partial charge in [-0.25, -0.2) is 4.98 Å². The van der Waals surface area contributed by atoms with Crippen LogP contribution in [0.25, 0.3) is 10.2 Å². The smallest absolute Gasteiger partial charge is 0.229 e. The van der Waals surface area contributed by atoms with E-state index >= 15 is 0 Å². The van der Waals surface area contributed by atoms with Crippen LogP contribution in [0.1, 0.15) is 4.88 Å². The molecule has 7 heteroatoms. The number of benzene rings is 1. The third kappa shape index (κ3) is 3.43. The summed E-state index contributed by atoms with van der Waals surface area (Å²) >= 11 is 3.26. The van der Waals surface area contributed by atoms with Gasteiger partial charge in [-0.3, -0.25) is 4.79 Å². The van der Waals surface area contributed by atoms with Gasteiger partial charge in [0.25, 0.3) is 0 Å². The van der Waals surface area contributed by atoms with Gasteiger partial charge >= 0.3 is 0 Å². The molecule has 1 N–H and O–H groups in total. The first-order valence-corrected chi connectivity index (χ1v) is 9.53. The van der Waals surface area contributed by atoms with Crippen LogP contribution in [-0.2, 0) is 16.0 Å². The number of thiophene rings is 1. The van der Waals surface area contributed by atoms with Crippen LogP contribution in [0, 0.1) is 0 Å². The van der Waals surface area contributed by atoms with Crippen molar-refractivity contribution in [1.29, 1.82) is 0 Å². The second-order valence-corrected chi connectivity index (χ2v) is 7.62. The van der Waals surface area contributed by atoms with Gasteiger partial charge in [0.2, 0.25) is 5.91 Å². The van der Waals surface area contributed by atoms with Crippen LogP contribution in [0.4, 0.5) is 10.8 Å². The van der Waals surface area contributed by atoms with Gasteiger partial charge in [0, 0.05) is 23.7 Å². The Bertz CT molecular complexity index is 839. The normalized spacial score (nSPS) is 14.9. The summed E-state index contributed by atoms with van der Waals surface area (Å²) in [4.78, 5) is 20.1. The molecular weight excluding hydrogens is 342 g/mol. The molecule has 24 heavy (non-hydrogen) atoms. The third-order valence-corrected chi connectivity index (χ3v) is 5.81. The van der Waals surface area contributed by atoms with Crippen LogP contribution >= 0.6 is 22.7 Å². The Balaban J connectivity index is 1.49. The lowest BCUT2D eigenvalue weighted by molar-refractivity contribution is -0.115. The van der Waals surface area contributed by atoms with Crippen molar-refractivity contribution in [2.45, 2.75) is 6.42 Å². The number of hydrogen-bond donors (Lipinski definition) is 1. The second kappa shape index (κ2) is 6.88. The number of thiazole rings is 1. The SMILES string of the molecule is O=C(Cc1cccs1)Nc1ccc2nc(N3CCOCC3)sc2c1. The summed E-state index contributed by atoms with van der Waals surface area (Å²) in [5.74, 6) is 0.00900. The van der Waals surface area contributed by atoms with Gasteiger partial charge in [0.1, 0.15) is 0 Å². The lowest BCUT2D eigenvalue weighted by Gasteiger charge is -2.25. The lowest BCUT2D eigenvalue weighted by Crippen LogP contribution is -2.36. The second-order valence-electron chi connectivity index (χ2n) is 5.58. The van der Waals surface area contributed by atoms with Crippen molar-refractivity contribution in [3.05, 3.63) is 40.6 Å². The number of hydrogen-bond acceptors (Lipinski definition) is 6. The van der Waals surface area contributed by atoms with Gasteiger partial charge in [0.05, 0.1) is 29.9 Å². The summed E-state index contributed by atoms with van der Waals surface area (Å²) in [7, 11) is 0. The maximum atomic E-state index is 12.1. The van der Waals surface area contributed by atoms with Crippen molar-refractivity contribution < 1.29 is 9.53 Å². The van der Waals surface area contributed by atoms with E-state index in [2.05, 4.69) is 10.2 Å². The summed E-state index contributed by atoms with van der Waals surface area (Å²) in [6.07, 6.45) is 0.414. The van der Waals surface area contributed by atoms with E-state index in [4.69, 9.17) is 9.72 Å². The molecule has 1 aliphatic rings. The molecule has 0 bridgehead atoms. The molecule has 0 radical (unpaired) electrons. The maximum Gasteiger partial charge on any atom is 0.229 e. The summed E-state index contributed by atoms with van der Waals surface area (Å²) in [5.41, 5.74) is 1.79. The monoisotopic (exact) mass is 359 g/mol. The fraction of sp³-hybridized carbons (Fsp3) is 0.294. The predicted molar refractivity (Wildman–Crippen MR) is 99.3 cm³/mol. The summed E-state index contributed by atoms with van der Waals surface area (Å²) in [5, 5.41) is 5.98. The van der Waals surface area contributed by atoms with Crippen molar-refractivity contribution in [3.63, 3.8) is 0 Å². The van der Waals surface area contributed by atoms with Gasteiger partial charge in [-0.1, -0.05) is 17.4 Å². The van der Waals surface area contributed by atoms with E-state index in [1.165, 1.54) is 0 Å². The number of rotatable bonds is 4. The first-order chi connectivity index (χ1) is 11.8. The largest absolute Gasteiger partial charge is 0.378 e. The molecule has 1 fully saturated rings. The fourth-order valence-corrected chi connectivity index (χ4v) is 4.42. The molecule has 0 aliphatic carbocycles. The third-order valence-electron chi connectivity index (χ3n) is 3.86. The molecule has 3 aromatic rings. The number of carbonyl (C=O) groups is 1. The van der Waals surface area contributed by atoms with Crippen LogP contribution in [-0.4, -0.2) is 37.2 Å². The molecule has 124 valence electrons. The highest BCUT2D eigenvalue weighted by atomic mass is 32.1. The van der Waals surface area contributed by atoms with E-state index in [1.54, 1.807) is 22.7 Å². The standard InChI is InChI=1S/C17H17N3O2S2/c21-16(11-13-2-1-9-23-13)18-12-3-4-14-15(10-12)24-17(19-14)20-5-7-22-8-6-20/h1-4,9-10H,5-8,11H2,(H,18,21). The first-order valence-electron chi connectivity index (χ1n) is 7.83. The molecule has 1 amide bonds. The molecule has 5 nitrogen and oxygen atoms in total. The minimum atomic E-state index is 0.00900.